The van der Waals surface area contributed by atoms with Crippen LogP contribution in [-0.2, 0) is 10.3 Å². The lowest BCUT2D eigenvalue weighted by Crippen LogP contribution is -2.50. The summed E-state index contributed by atoms with van der Waals surface area (Å²) in [5, 5.41) is 12.5. The lowest BCUT2D eigenvalue weighted by molar-refractivity contribution is -0.136. The van der Waals surface area contributed by atoms with Gasteiger partial charge in [-0.15, -0.1) is 5.10 Å². The number of benzene rings is 1. The number of aromatic nitrogens is 4. The largest absolute Gasteiger partial charge is 0.333 e. The van der Waals surface area contributed by atoms with E-state index in [1.807, 2.05) is 36.2 Å². The van der Waals surface area contributed by atoms with E-state index in [1.165, 1.54) is 5.56 Å². The Morgan fingerprint density at radius 3 is 2.46 bits per heavy atom. The van der Waals surface area contributed by atoms with Gasteiger partial charge in [0.15, 0.2) is 5.82 Å². The van der Waals surface area contributed by atoms with E-state index in [0.717, 1.165) is 37.2 Å². The standard InChI is InChI=1S/C18H25N5O/c1-13-5-7-16(8-6-13)23-17(19-20-21-23)18(22(4)15(3)24)11-9-14(2)10-12-18/h5-8,14H,9-12H2,1-4H3. The molecule has 0 aliphatic heterocycles. The SMILES string of the molecule is CC(=O)N(C)C1(c2nnnn2-c2ccc(C)cc2)CCC(C)CC1. The van der Waals surface area contributed by atoms with Crippen molar-refractivity contribution in [1.82, 2.24) is 25.1 Å². The molecule has 2 aromatic rings. The number of aryl methyl sites for hydroxylation is 1. The van der Waals surface area contributed by atoms with Gasteiger partial charge in [-0.1, -0.05) is 24.6 Å². The molecular formula is C18H25N5O. The van der Waals surface area contributed by atoms with Crippen molar-refractivity contribution in [2.75, 3.05) is 7.05 Å². The van der Waals surface area contributed by atoms with Crippen LogP contribution in [0.3, 0.4) is 0 Å². The van der Waals surface area contributed by atoms with Crippen LogP contribution in [0.4, 0.5) is 0 Å². The van der Waals surface area contributed by atoms with E-state index in [9.17, 15) is 4.79 Å². The van der Waals surface area contributed by atoms with Crippen molar-refractivity contribution in [3.63, 3.8) is 0 Å². The summed E-state index contributed by atoms with van der Waals surface area (Å²) in [5.74, 6) is 1.47. The summed E-state index contributed by atoms with van der Waals surface area (Å²) >= 11 is 0. The smallest absolute Gasteiger partial charge is 0.220 e. The van der Waals surface area contributed by atoms with Crippen LogP contribution in [-0.4, -0.2) is 38.1 Å². The lowest BCUT2D eigenvalue weighted by Gasteiger charge is -2.44. The Morgan fingerprint density at radius 1 is 1.25 bits per heavy atom. The van der Waals surface area contributed by atoms with Crippen LogP contribution >= 0.6 is 0 Å². The Balaban J connectivity index is 2.08. The summed E-state index contributed by atoms with van der Waals surface area (Å²) < 4.78 is 1.79. The van der Waals surface area contributed by atoms with E-state index in [2.05, 4.69) is 29.4 Å². The van der Waals surface area contributed by atoms with Gasteiger partial charge in [-0.2, -0.15) is 4.68 Å². The van der Waals surface area contributed by atoms with Gasteiger partial charge in [0.1, 0.15) is 5.54 Å². The van der Waals surface area contributed by atoms with E-state index in [-0.39, 0.29) is 5.91 Å². The van der Waals surface area contributed by atoms with Crippen molar-refractivity contribution in [1.29, 1.82) is 0 Å². The molecule has 0 unspecified atom stereocenters. The first-order valence-corrected chi connectivity index (χ1v) is 8.54. The second-order valence-electron chi connectivity index (χ2n) is 7.04. The highest BCUT2D eigenvalue weighted by molar-refractivity contribution is 5.74. The molecular weight excluding hydrogens is 302 g/mol. The number of hydrogen-bond acceptors (Lipinski definition) is 4. The Bertz CT molecular complexity index is 713. The number of carbonyl (C=O) groups excluding carboxylic acids is 1. The number of rotatable bonds is 3. The van der Waals surface area contributed by atoms with Gasteiger partial charge < -0.3 is 4.90 Å². The zero-order chi connectivity index (χ0) is 17.3. The van der Waals surface area contributed by atoms with E-state index in [0.29, 0.717) is 5.92 Å². The molecule has 1 aromatic heterocycles. The molecule has 1 saturated carbocycles. The molecule has 0 saturated heterocycles. The minimum atomic E-state index is -0.438. The molecule has 6 heteroatoms. The van der Waals surface area contributed by atoms with Crippen molar-refractivity contribution in [3.05, 3.63) is 35.7 Å². The van der Waals surface area contributed by atoms with Crippen LogP contribution in [0.1, 0.15) is 50.9 Å². The molecule has 0 bridgehead atoms. The van der Waals surface area contributed by atoms with Gasteiger partial charge in [-0.3, -0.25) is 4.79 Å². The Kier molecular flexibility index (Phi) is 4.39. The zero-order valence-electron chi connectivity index (χ0n) is 14.9. The van der Waals surface area contributed by atoms with Crippen molar-refractivity contribution in [2.24, 2.45) is 5.92 Å². The van der Waals surface area contributed by atoms with Gasteiger partial charge in [-0.25, -0.2) is 0 Å². The molecule has 0 N–H and O–H groups in total. The first-order valence-electron chi connectivity index (χ1n) is 8.54. The number of carbonyl (C=O) groups is 1. The molecule has 1 aliphatic carbocycles. The van der Waals surface area contributed by atoms with Gasteiger partial charge in [0, 0.05) is 14.0 Å². The summed E-state index contributed by atoms with van der Waals surface area (Å²) in [6, 6.07) is 8.13. The summed E-state index contributed by atoms with van der Waals surface area (Å²) in [7, 11) is 1.87. The molecule has 128 valence electrons. The molecule has 1 aliphatic rings. The molecule has 24 heavy (non-hydrogen) atoms. The number of nitrogens with zero attached hydrogens (tertiary/aromatic N) is 5. The number of tetrazole rings is 1. The fourth-order valence-electron chi connectivity index (χ4n) is 3.59. The average molecular weight is 327 g/mol. The first-order chi connectivity index (χ1) is 11.4. The van der Waals surface area contributed by atoms with E-state index in [4.69, 9.17) is 0 Å². The Labute approximate surface area is 142 Å². The maximum absolute atomic E-state index is 12.2. The fourth-order valence-corrected chi connectivity index (χ4v) is 3.59. The maximum atomic E-state index is 12.2. The third kappa shape index (κ3) is 2.81. The molecule has 0 radical (unpaired) electrons. The average Bonchev–Trinajstić information content (AvgIpc) is 3.06. The molecule has 3 rings (SSSR count). The molecule has 0 atom stereocenters. The highest BCUT2D eigenvalue weighted by Gasteiger charge is 2.45. The normalized spacial score (nSPS) is 23.9. The second kappa shape index (κ2) is 6.34. The summed E-state index contributed by atoms with van der Waals surface area (Å²) in [5.41, 5.74) is 1.68. The fraction of sp³-hybridized carbons (Fsp3) is 0.556. The van der Waals surface area contributed by atoms with Crippen LogP contribution in [0, 0.1) is 12.8 Å². The van der Waals surface area contributed by atoms with Crippen molar-refractivity contribution in [3.8, 4) is 5.69 Å². The van der Waals surface area contributed by atoms with Gasteiger partial charge in [0.05, 0.1) is 5.69 Å². The lowest BCUT2D eigenvalue weighted by atomic mass is 9.75. The van der Waals surface area contributed by atoms with Gasteiger partial charge in [0.2, 0.25) is 5.91 Å². The topological polar surface area (TPSA) is 63.9 Å². The summed E-state index contributed by atoms with van der Waals surface area (Å²) in [6.07, 6.45) is 3.91. The predicted octanol–water partition coefficient (Wildman–Crippen LogP) is 2.85. The third-order valence-corrected chi connectivity index (χ3v) is 5.38. The molecule has 1 fully saturated rings. The van der Waals surface area contributed by atoms with Crippen LogP contribution < -0.4 is 0 Å². The van der Waals surface area contributed by atoms with Gasteiger partial charge in [0.25, 0.3) is 0 Å². The maximum Gasteiger partial charge on any atom is 0.220 e. The highest BCUT2D eigenvalue weighted by Crippen LogP contribution is 2.43. The Morgan fingerprint density at radius 2 is 1.88 bits per heavy atom. The zero-order valence-corrected chi connectivity index (χ0v) is 14.9. The van der Waals surface area contributed by atoms with E-state index in [1.54, 1.807) is 11.6 Å². The third-order valence-electron chi connectivity index (χ3n) is 5.38. The number of amides is 1. The van der Waals surface area contributed by atoms with Crippen molar-refractivity contribution < 1.29 is 4.79 Å². The van der Waals surface area contributed by atoms with Crippen molar-refractivity contribution in [2.45, 2.75) is 52.0 Å². The molecule has 6 nitrogen and oxygen atoms in total. The van der Waals surface area contributed by atoms with E-state index >= 15 is 0 Å². The molecule has 1 aromatic carbocycles. The summed E-state index contributed by atoms with van der Waals surface area (Å²) in [6.45, 7) is 5.93. The molecule has 1 amide bonds. The van der Waals surface area contributed by atoms with Crippen LogP contribution in [0.2, 0.25) is 0 Å². The molecule has 0 spiro atoms. The minimum absolute atomic E-state index is 0.0445. The summed E-state index contributed by atoms with van der Waals surface area (Å²) in [4.78, 5) is 14.0. The highest BCUT2D eigenvalue weighted by atomic mass is 16.2. The van der Waals surface area contributed by atoms with Crippen molar-refractivity contribution >= 4 is 5.91 Å². The van der Waals surface area contributed by atoms with Crippen LogP contribution in [0.25, 0.3) is 5.69 Å². The van der Waals surface area contributed by atoms with Crippen LogP contribution in [0.15, 0.2) is 24.3 Å². The predicted molar refractivity (Wildman–Crippen MR) is 91.6 cm³/mol. The molecule has 1 heterocycles. The number of hydrogen-bond donors (Lipinski definition) is 0. The van der Waals surface area contributed by atoms with Gasteiger partial charge >= 0.3 is 0 Å². The van der Waals surface area contributed by atoms with E-state index < -0.39 is 5.54 Å². The second-order valence-corrected chi connectivity index (χ2v) is 7.04. The Hall–Kier alpha value is -2.24. The van der Waals surface area contributed by atoms with Crippen LogP contribution in [0.5, 0.6) is 0 Å². The minimum Gasteiger partial charge on any atom is -0.333 e. The monoisotopic (exact) mass is 327 g/mol. The quantitative estimate of drug-likeness (QED) is 0.869. The first kappa shape index (κ1) is 16.6. The van der Waals surface area contributed by atoms with Gasteiger partial charge in [-0.05, 0) is 61.1 Å².